The molecule has 2 aromatic carbocycles. The fourth-order valence-corrected chi connectivity index (χ4v) is 4.66. The minimum absolute atomic E-state index is 0.0876. The summed E-state index contributed by atoms with van der Waals surface area (Å²) in [5, 5.41) is 2.92. The van der Waals surface area contributed by atoms with Crippen LogP contribution in [-0.2, 0) is 4.79 Å². The number of nitrogens with one attached hydrogen (secondary N) is 1. The van der Waals surface area contributed by atoms with E-state index in [4.69, 9.17) is 0 Å². The molecule has 152 valence electrons. The van der Waals surface area contributed by atoms with Crippen LogP contribution in [0.4, 0.5) is 5.69 Å². The molecule has 2 heterocycles. The van der Waals surface area contributed by atoms with E-state index in [0.717, 1.165) is 25.2 Å². The third-order valence-corrected chi connectivity index (χ3v) is 6.11. The lowest BCUT2D eigenvalue weighted by atomic mass is 9.89. The maximum Gasteiger partial charge on any atom is 0.251 e. The van der Waals surface area contributed by atoms with Gasteiger partial charge in [-0.25, -0.2) is 0 Å². The molecule has 29 heavy (non-hydrogen) atoms. The molecule has 2 atom stereocenters. The van der Waals surface area contributed by atoms with Gasteiger partial charge in [0.15, 0.2) is 0 Å². The van der Waals surface area contributed by atoms with Crippen LogP contribution >= 0.6 is 0 Å². The van der Waals surface area contributed by atoms with Gasteiger partial charge in [0.25, 0.3) is 5.91 Å². The lowest BCUT2D eigenvalue weighted by Crippen LogP contribution is -2.47. The zero-order chi connectivity index (χ0) is 20.4. The molecular formula is C24H29N3O2. The number of fused-ring (bicyclic) bond motifs is 3. The molecule has 5 nitrogen and oxygen atoms in total. The summed E-state index contributed by atoms with van der Waals surface area (Å²) >= 11 is 0. The lowest BCUT2D eigenvalue weighted by molar-refractivity contribution is -0.119. The van der Waals surface area contributed by atoms with Crippen LogP contribution in [0.15, 0.2) is 48.5 Å². The van der Waals surface area contributed by atoms with E-state index in [-0.39, 0.29) is 17.9 Å². The second-order valence-electron chi connectivity index (χ2n) is 8.28. The van der Waals surface area contributed by atoms with Gasteiger partial charge in [-0.05, 0) is 57.1 Å². The molecular weight excluding hydrogens is 362 g/mol. The molecule has 2 amide bonds. The first-order chi connectivity index (χ1) is 14.0. The number of piperidine rings is 1. The molecule has 0 bridgehead atoms. The Kier molecular flexibility index (Phi) is 5.67. The van der Waals surface area contributed by atoms with Gasteiger partial charge in [-0.3, -0.25) is 9.59 Å². The highest BCUT2D eigenvalue weighted by Crippen LogP contribution is 2.45. The Balaban J connectivity index is 1.39. The van der Waals surface area contributed by atoms with Crippen LogP contribution in [0.1, 0.15) is 46.7 Å². The summed E-state index contributed by atoms with van der Waals surface area (Å²) in [5.74, 6) is 0.474. The van der Waals surface area contributed by atoms with Crippen LogP contribution in [0.3, 0.4) is 0 Å². The molecule has 0 aromatic heterocycles. The van der Waals surface area contributed by atoms with Gasteiger partial charge >= 0.3 is 0 Å². The smallest absolute Gasteiger partial charge is 0.251 e. The number of likely N-dealkylation sites (tertiary alicyclic amines) is 1. The summed E-state index contributed by atoms with van der Waals surface area (Å²) in [5.41, 5.74) is 4.29. The van der Waals surface area contributed by atoms with Crippen molar-refractivity contribution >= 4 is 17.5 Å². The molecule has 0 unspecified atom stereocenters. The Hall–Kier alpha value is -2.66. The fraction of sp³-hybridized carbons (Fsp3) is 0.417. The molecule has 1 N–H and O–H groups in total. The maximum absolute atomic E-state index is 13.1. The first-order valence-corrected chi connectivity index (χ1v) is 10.5. The average Bonchev–Trinajstić information content (AvgIpc) is 3.04. The van der Waals surface area contributed by atoms with E-state index in [1.807, 2.05) is 23.1 Å². The number of benzene rings is 2. The largest absolute Gasteiger partial charge is 0.352 e. The minimum Gasteiger partial charge on any atom is -0.352 e. The summed E-state index contributed by atoms with van der Waals surface area (Å²) in [6.07, 6.45) is 2.10. The van der Waals surface area contributed by atoms with Crippen molar-refractivity contribution in [1.82, 2.24) is 10.2 Å². The number of rotatable bonds is 5. The standard InChI is InChI=1S/C24H29N3O2/c1-17-10-11-21-19(15-17)20-16-26(2)14-12-22(20)27(21)23(28)9-6-13-25-24(29)18-7-4-3-5-8-18/h3-5,7-8,10-11,15,20,22H,6,9,12-14,16H2,1-2H3,(H,25,29)/t20-,22-/m0/s1. The molecule has 1 fully saturated rings. The molecule has 5 heteroatoms. The summed E-state index contributed by atoms with van der Waals surface area (Å²) in [4.78, 5) is 29.7. The van der Waals surface area contributed by atoms with Crippen molar-refractivity contribution in [2.75, 3.05) is 31.6 Å². The minimum atomic E-state index is -0.0876. The van der Waals surface area contributed by atoms with Gasteiger partial charge in [0, 0.05) is 42.7 Å². The highest BCUT2D eigenvalue weighted by atomic mass is 16.2. The van der Waals surface area contributed by atoms with E-state index in [0.29, 0.717) is 30.9 Å². The number of amides is 2. The SMILES string of the molecule is Cc1ccc2c(c1)[C@@H]1CN(C)CC[C@@H]1N2C(=O)CCCNC(=O)c1ccccc1. The van der Waals surface area contributed by atoms with E-state index < -0.39 is 0 Å². The second-order valence-corrected chi connectivity index (χ2v) is 8.28. The highest BCUT2D eigenvalue weighted by Gasteiger charge is 2.43. The molecule has 2 aliphatic rings. The number of hydrogen-bond donors (Lipinski definition) is 1. The summed E-state index contributed by atoms with van der Waals surface area (Å²) in [7, 11) is 2.16. The maximum atomic E-state index is 13.1. The van der Waals surface area contributed by atoms with E-state index >= 15 is 0 Å². The number of carbonyl (C=O) groups is 2. The number of carbonyl (C=O) groups excluding carboxylic acids is 2. The monoisotopic (exact) mass is 391 g/mol. The van der Waals surface area contributed by atoms with Crippen molar-refractivity contribution in [3.63, 3.8) is 0 Å². The van der Waals surface area contributed by atoms with Crippen molar-refractivity contribution in [3.05, 3.63) is 65.2 Å². The van der Waals surface area contributed by atoms with Crippen LogP contribution in [0.25, 0.3) is 0 Å². The van der Waals surface area contributed by atoms with Gasteiger partial charge in [0.05, 0.1) is 0 Å². The normalized spacial score (nSPS) is 20.8. The number of hydrogen-bond acceptors (Lipinski definition) is 3. The van der Waals surface area contributed by atoms with Crippen molar-refractivity contribution in [1.29, 1.82) is 0 Å². The fourth-order valence-electron chi connectivity index (χ4n) is 4.66. The molecule has 0 spiro atoms. The van der Waals surface area contributed by atoms with Crippen molar-refractivity contribution in [2.45, 2.75) is 38.1 Å². The van der Waals surface area contributed by atoms with Gasteiger partial charge < -0.3 is 15.1 Å². The summed E-state index contributed by atoms with van der Waals surface area (Å²) in [6.45, 7) is 4.63. The quantitative estimate of drug-likeness (QED) is 0.796. The van der Waals surface area contributed by atoms with Gasteiger partial charge in [-0.2, -0.15) is 0 Å². The predicted octanol–water partition coefficient (Wildman–Crippen LogP) is 3.34. The molecule has 4 rings (SSSR count). The summed E-state index contributed by atoms with van der Waals surface area (Å²) < 4.78 is 0. The van der Waals surface area contributed by atoms with Gasteiger partial charge in [0.1, 0.15) is 0 Å². The molecule has 2 aliphatic heterocycles. The Morgan fingerprint density at radius 3 is 2.72 bits per heavy atom. The van der Waals surface area contributed by atoms with E-state index in [1.54, 1.807) is 12.1 Å². The Morgan fingerprint density at radius 1 is 1.14 bits per heavy atom. The molecule has 0 aliphatic carbocycles. The first kappa shape index (κ1) is 19.6. The van der Waals surface area contributed by atoms with Crippen LogP contribution in [0.5, 0.6) is 0 Å². The van der Waals surface area contributed by atoms with Crippen LogP contribution < -0.4 is 10.2 Å². The number of aryl methyl sites for hydroxylation is 1. The third-order valence-electron chi connectivity index (χ3n) is 6.11. The van der Waals surface area contributed by atoms with Crippen molar-refractivity contribution in [3.8, 4) is 0 Å². The zero-order valence-corrected chi connectivity index (χ0v) is 17.2. The topological polar surface area (TPSA) is 52.6 Å². The molecule has 0 radical (unpaired) electrons. The number of nitrogens with zero attached hydrogens (tertiary/aromatic N) is 2. The van der Waals surface area contributed by atoms with Gasteiger partial charge in [0.2, 0.25) is 5.91 Å². The predicted molar refractivity (Wildman–Crippen MR) is 115 cm³/mol. The van der Waals surface area contributed by atoms with Gasteiger partial charge in [-0.1, -0.05) is 35.9 Å². The van der Waals surface area contributed by atoms with Gasteiger partial charge in [-0.15, -0.1) is 0 Å². The Morgan fingerprint density at radius 2 is 1.93 bits per heavy atom. The highest BCUT2D eigenvalue weighted by molar-refractivity contribution is 5.97. The van der Waals surface area contributed by atoms with E-state index in [1.165, 1.54) is 11.1 Å². The Labute approximate surface area is 172 Å². The van der Waals surface area contributed by atoms with Crippen LogP contribution in [0.2, 0.25) is 0 Å². The summed E-state index contributed by atoms with van der Waals surface area (Å²) in [6, 6.07) is 15.9. The van der Waals surface area contributed by atoms with Crippen molar-refractivity contribution < 1.29 is 9.59 Å². The van der Waals surface area contributed by atoms with Crippen LogP contribution in [0, 0.1) is 6.92 Å². The molecule has 1 saturated heterocycles. The first-order valence-electron chi connectivity index (χ1n) is 10.5. The van der Waals surface area contributed by atoms with E-state index in [9.17, 15) is 9.59 Å². The third kappa shape index (κ3) is 4.06. The Bertz CT molecular complexity index is 896. The second kappa shape index (κ2) is 8.37. The van der Waals surface area contributed by atoms with Crippen molar-refractivity contribution in [2.24, 2.45) is 0 Å². The number of likely N-dealkylation sites (N-methyl/N-ethyl adjacent to an activating group) is 1. The number of anilines is 1. The molecule has 0 saturated carbocycles. The molecule has 2 aromatic rings. The lowest BCUT2D eigenvalue weighted by Gasteiger charge is -2.36. The van der Waals surface area contributed by atoms with Crippen LogP contribution in [-0.4, -0.2) is 49.4 Å². The zero-order valence-electron chi connectivity index (χ0n) is 17.2. The van der Waals surface area contributed by atoms with E-state index in [2.05, 4.69) is 42.4 Å². The average molecular weight is 392 g/mol.